The zero-order valence-corrected chi connectivity index (χ0v) is 9.23. The third kappa shape index (κ3) is 2.22. The second-order valence-electron chi connectivity index (χ2n) is 3.01. The van der Waals surface area contributed by atoms with Crippen molar-refractivity contribution in [1.29, 1.82) is 0 Å². The Morgan fingerprint density at radius 3 is 3.12 bits per heavy atom. The van der Waals surface area contributed by atoms with E-state index in [2.05, 4.69) is 20.3 Å². The van der Waals surface area contributed by atoms with Gasteiger partial charge in [-0.2, -0.15) is 10.2 Å². The van der Waals surface area contributed by atoms with E-state index in [9.17, 15) is 4.79 Å². The maximum absolute atomic E-state index is 10.4. The lowest BCUT2D eigenvalue weighted by Crippen LogP contribution is -2.00. The van der Waals surface area contributed by atoms with Crippen LogP contribution in [0, 0.1) is 0 Å². The SMILES string of the molecule is Cn1nc(-c2cn[nH]c2)nc1SCC(=O)O. The number of hydrogen-bond acceptors (Lipinski definition) is 5. The molecular weight excluding hydrogens is 230 g/mol. The molecule has 2 rings (SSSR count). The number of nitrogens with one attached hydrogen (secondary N) is 1. The number of carboxylic acid groups (broad SMARTS) is 1. The number of rotatable bonds is 4. The number of nitrogens with zero attached hydrogens (tertiary/aromatic N) is 4. The van der Waals surface area contributed by atoms with Crippen molar-refractivity contribution in [3.8, 4) is 11.4 Å². The first-order valence-electron chi connectivity index (χ1n) is 4.41. The summed E-state index contributed by atoms with van der Waals surface area (Å²) < 4.78 is 1.55. The number of aromatic amines is 1. The molecule has 0 saturated heterocycles. The quantitative estimate of drug-likeness (QED) is 0.749. The van der Waals surface area contributed by atoms with E-state index in [0.29, 0.717) is 11.0 Å². The van der Waals surface area contributed by atoms with Crippen LogP contribution in [0.15, 0.2) is 17.6 Å². The molecule has 16 heavy (non-hydrogen) atoms. The summed E-state index contributed by atoms with van der Waals surface area (Å²) in [6, 6.07) is 0. The number of H-pyrrole nitrogens is 1. The van der Waals surface area contributed by atoms with E-state index in [1.807, 2.05) is 0 Å². The molecule has 84 valence electrons. The molecule has 0 saturated carbocycles. The highest BCUT2D eigenvalue weighted by atomic mass is 32.2. The maximum atomic E-state index is 10.4. The first kappa shape index (κ1) is 10.7. The van der Waals surface area contributed by atoms with E-state index in [0.717, 1.165) is 17.3 Å². The van der Waals surface area contributed by atoms with Gasteiger partial charge in [0.1, 0.15) is 0 Å². The van der Waals surface area contributed by atoms with Crippen LogP contribution in [0.2, 0.25) is 0 Å². The second-order valence-corrected chi connectivity index (χ2v) is 3.95. The second kappa shape index (κ2) is 4.35. The monoisotopic (exact) mass is 239 g/mol. The van der Waals surface area contributed by atoms with Gasteiger partial charge >= 0.3 is 5.97 Å². The lowest BCUT2D eigenvalue weighted by atomic mass is 10.3. The van der Waals surface area contributed by atoms with Gasteiger partial charge in [-0.25, -0.2) is 9.67 Å². The summed E-state index contributed by atoms with van der Waals surface area (Å²) in [6.07, 6.45) is 3.29. The molecule has 0 atom stereocenters. The van der Waals surface area contributed by atoms with E-state index < -0.39 is 5.97 Å². The molecule has 2 heterocycles. The summed E-state index contributed by atoms with van der Waals surface area (Å²) in [4.78, 5) is 14.6. The Hall–Kier alpha value is -1.83. The van der Waals surface area contributed by atoms with Crippen molar-refractivity contribution >= 4 is 17.7 Å². The molecule has 0 amide bonds. The highest BCUT2D eigenvalue weighted by Gasteiger charge is 2.11. The first-order valence-corrected chi connectivity index (χ1v) is 5.40. The zero-order chi connectivity index (χ0) is 11.5. The van der Waals surface area contributed by atoms with Gasteiger partial charge in [0.05, 0.1) is 17.5 Å². The maximum Gasteiger partial charge on any atom is 0.313 e. The number of aromatic nitrogens is 5. The fourth-order valence-corrected chi connectivity index (χ4v) is 1.75. The van der Waals surface area contributed by atoms with Gasteiger partial charge in [-0.3, -0.25) is 9.89 Å². The highest BCUT2D eigenvalue weighted by molar-refractivity contribution is 7.99. The number of carbonyl (C=O) groups is 1. The minimum atomic E-state index is -0.877. The van der Waals surface area contributed by atoms with Crippen LogP contribution in [0.5, 0.6) is 0 Å². The summed E-state index contributed by atoms with van der Waals surface area (Å²) in [6.45, 7) is 0. The van der Waals surface area contributed by atoms with Crippen LogP contribution in [0.3, 0.4) is 0 Å². The standard InChI is InChI=1S/C8H9N5O2S/c1-13-8(16-4-6(14)15)11-7(12-13)5-2-9-10-3-5/h2-3H,4H2,1H3,(H,9,10)(H,14,15). The number of hydrogen-bond donors (Lipinski definition) is 2. The van der Waals surface area contributed by atoms with Gasteiger partial charge in [-0.05, 0) is 0 Å². The average molecular weight is 239 g/mol. The molecule has 0 aromatic carbocycles. The van der Waals surface area contributed by atoms with Crippen LogP contribution in [0.4, 0.5) is 0 Å². The summed E-state index contributed by atoms with van der Waals surface area (Å²) in [5, 5.41) is 19.8. The van der Waals surface area contributed by atoms with Crippen LogP contribution in [-0.4, -0.2) is 41.8 Å². The van der Waals surface area contributed by atoms with Gasteiger partial charge in [0, 0.05) is 13.2 Å². The smallest absolute Gasteiger partial charge is 0.313 e. The van der Waals surface area contributed by atoms with Crippen LogP contribution < -0.4 is 0 Å². The van der Waals surface area contributed by atoms with E-state index >= 15 is 0 Å². The molecule has 0 unspecified atom stereocenters. The van der Waals surface area contributed by atoms with E-state index in [-0.39, 0.29) is 5.75 Å². The number of carboxylic acids is 1. The van der Waals surface area contributed by atoms with Gasteiger partial charge in [0.2, 0.25) is 0 Å². The van der Waals surface area contributed by atoms with Crippen LogP contribution in [0.1, 0.15) is 0 Å². The molecule has 0 bridgehead atoms. The van der Waals surface area contributed by atoms with Gasteiger partial charge in [0.15, 0.2) is 11.0 Å². The van der Waals surface area contributed by atoms with Gasteiger partial charge < -0.3 is 5.11 Å². The summed E-state index contributed by atoms with van der Waals surface area (Å²) in [5.41, 5.74) is 0.776. The minimum absolute atomic E-state index is 0.0304. The van der Waals surface area contributed by atoms with Crippen molar-refractivity contribution < 1.29 is 9.90 Å². The molecule has 0 aliphatic carbocycles. The fourth-order valence-electron chi connectivity index (χ4n) is 1.12. The Bertz CT molecular complexity index is 493. The predicted molar refractivity (Wildman–Crippen MR) is 56.9 cm³/mol. The normalized spacial score (nSPS) is 10.6. The molecule has 0 radical (unpaired) electrons. The summed E-state index contributed by atoms with van der Waals surface area (Å²) >= 11 is 1.13. The minimum Gasteiger partial charge on any atom is -0.481 e. The molecule has 2 aromatic rings. The Morgan fingerprint density at radius 1 is 1.69 bits per heavy atom. The molecule has 2 N–H and O–H groups in total. The van der Waals surface area contributed by atoms with Gasteiger partial charge in [0.25, 0.3) is 0 Å². The van der Waals surface area contributed by atoms with Crippen LogP contribution in [-0.2, 0) is 11.8 Å². The van der Waals surface area contributed by atoms with Gasteiger partial charge in [-0.1, -0.05) is 11.8 Å². The Balaban J connectivity index is 2.19. The van der Waals surface area contributed by atoms with E-state index in [1.165, 1.54) is 0 Å². The topological polar surface area (TPSA) is 96.7 Å². The van der Waals surface area contributed by atoms with Crippen LogP contribution in [0.25, 0.3) is 11.4 Å². The largest absolute Gasteiger partial charge is 0.481 e. The number of thioether (sulfide) groups is 1. The van der Waals surface area contributed by atoms with Crippen LogP contribution >= 0.6 is 11.8 Å². The highest BCUT2D eigenvalue weighted by Crippen LogP contribution is 2.19. The number of aryl methyl sites for hydroxylation is 1. The Kier molecular flexibility index (Phi) is 2.91. The van der Waals surface area contributed by atoms with Crippen molar-refractivity contribution in [2.75, 3.05) is 5.75 Å². The molecule has 0 aliphatic rings. The zero-order valence-electron chi connectivity index (χ0n) is 8.41. The third-order valence-electron chi connectivity index (χ3n) is 1.80. The molecule has 0 aliphatic heterocycles. The molecule has 0 fully saturated rings. The third-order valence-corrected chi connectivity index (χ3v) is 2.81. The lowest BCUT2D eigenvalue weighted by molar-refractivity contribution is -0.133. The van der Waals surface area contributed by atoms with E-state index in [1.54, 1.807) is 24.1 Å². The first-order chi connectivity index (χ1) is 7.66. The van der Waals surface area contributed by atoms with Crippen molar-refractivity contribution in [3.63, 3.8) is 0 Å². The molecular formula is C8H9N5O2S. The van der Waals surface area contributed by atoms with Crippen molar-refractivity contribution in [2.24, 2.45) is 7.05 Å². The Labute approximate surface area is 94.9 Å². The Morgan fingerprint density at radius 2 is 2.50 bits per heavy atom. The molecule has 2 aromatic heterocycles. The molecule has 0 spiro atoms. The summed E-state index contributed by atoms with van der Waals surface area (Å²) in [7, 11) is 1.72. The van der Waals surface area contributed by atoms with E-state index in [4.69, 9.17) is 5.11 Å². The number of aliphatic carboxylic acids is 1. The van der Waals surface area contributed by atoms with Crippen molar-refractivity contribution in [3.05, 3.63) is 12.4 Å². The fraction of sp³-hybridized carbons (Fsp3) is 0.250. The average Bonchev–Trinajstić information content (AvgIpc) is 2.83. The predicted octanol–water partition coefficient (Wildman–Crippen LogP) is 0.382. The molecule has 8 heteroatoms. The van der Waals surface area contributed by atoms with Crippen molar-refractivity contribution in [2.45, 2.75) is 5.16 Å². The lowest BCUT2D eigenvalue weighted by Gasteiger charge is -1.94. The summed E-state index contributed by atoms with van der Waals surface area (Å²) in [5.74, 6) is -0.376. The molecule has 7 nitrogen and oxygen atoms in total. The van der Waals surface area contributed by atoms with Crippen molar-refractivity contribution in [1.82, 2.24) is 25.0 Å². The van der Waals surface area contributed by atoms with Gasteiger partial charge in [-0.15, -0.1) is 0 Å².